The number of hydrogen-bond donors (Lipinski definition) is 0. The molecule has 0 bridgehead atoms. The van der Waals surface area contributed by atoms with Crippen LogP contribution in [0.25, 0.3) is 0 Å². The van der Waals surface area contributed by atoms with Crippen molar-refractivity contribution >= 4 is 6.29 Å². The number of rotatable bonds is 3. The SMILES string of the molecule is O=CC1CC1(c1ccccc1)C1CCCCC1. The third-order valence-electron chi connectivity index (χ3n) is 4.87. The molecule has 0 radical (unpaired) electrons. The lowest BCUT2D eigenvalue weighted by molar-refractivity contribution is -0.109. The van der Waals surface area contributed by atoms with Gasteiger partial charge in [0, 0.05) is 11.3 Å². The first-order chi connectivity index (χ1) is 8.38. The summed E-state index contributed by atoms with van der Waals surface area (Å²) in [6, 6.07) is 10.7. The van der Waals surface area contributed by atoms with Crippen molar-refractivity contribution in [2.24, 2.45) is 11.8 Å². The highest BCUT2D eigenvalue weighted by atomic mass is 16.1. The molecule has 17 heavy (non-hydrogen) atoms. The normalized spacial score (nSPS) is 33.3. The van der Waals surface area contributed by atoms with Gasteiger partial charge in [-0.3, -0.25) is 0 Å². The predicted octanol–water partition coefficient (Wildman–Crippen LogP) is 3.72. The van der Waals surface area contributed by atoms with Gasteiger partial charge < -0.3 is 4.79 Å². The Balaban J connectivity index is 1.91. The van der Waals surface area contributed by atoms with Crippen LogP contribution in [0.2, 0.25) is 0 Å². The molecule has 1 aromatic carbocycles. The van der Waals surface area contributed by atoms with Gasteiger partial charge in [-0.1, -0.05) is 49.6 Å². The molecule has 0 amide bonds. The maximum atomic E-state index is 11.2. The van der Waals surface area contributed by atoms with E-state index in [1.54, 1.807) is 0 Å². The van der Waals surface area contributed by atoms with E-state index < -0.39 is 0 Å². The summed E-state index contributed by atoms with van der Waals surface area (Å²) in [5.41, 5.74) is 1.62. The van der Waals surface area contributed by atoms with Crippen LogP contribution in [0, 0.1) is 11.8 Å². The summed E-state index contributed by atoms with van der Waals surface area (Å²) in [5.74, 6) is 1.03. The minimum atomic E-state index is 0.212. The molecule has 2 fully saturated rings. The zero-order chi connectivity index (χ0) is 11.7. The Morgan fingerprint density at radius 1 is 1.06 bits per heavy atom. The molecule has 2 aliphatic rings. The molecule has 0 aliphatic heterocycles. The lowest BCUT2D eigenvalue weighted by atomic mass is 9.73. The van der Waals surface area contributed by atoms with Crippen LogP contribution in [0.5, 0.6) is 0 Å². The first-order valence-electron chi connectivity index (χ1n) is 6.89. The Kier molecular flexibility index (Phi) is 2.78. The zero-order valence-electron chi connectivity index (χ0n) is 10.3. The van der Waals surface area contributed by atoms with E-state index in [1.807, 2.05) is 0 Å². The van der Waals surface area contributed by atoms with Crippen LogP contribution in [0.15, 0.2) is 30.3 Å². The van der Waals surface area contributed by atoms with Crippen molar-refractivity contribution in [3.63, 3.8) is 0 Å². The standard InChI is InChI=1S/C16H20O/c17-12-15-11-16(15,13-7-3-1-4-8-13)14-9-5-2-6-10-14/h1,3-4,7-8,12,14-15H,2,5-6,9-11H2. The van der Waals surface area contributed by atoms with Crippen molar-refractivity contribution in [3.05, 3.63) is 35.9 Å². The van der Waals surface area contributed by atoms with Crippen molar-refractivity contribution < 1.29 is 4.79 Å². The Bertz CT molecular complexity index is 391. The van der Waals surface area contributed by atoms with Crippen molar-refractivity contribution in [2.75, 3.05) is 0 Å². The van der Waals surface area contributed by atoms with Crippen LogP contribution < -0.4 is 0 Å². The smallest absolute Gasteiger partial charge is 0.124 e. The van der Waals surface area contributed by atoms with E-state index in [0.717, 1.165) is 12.3 Å². The first-order valence-corrected chi connectivity index (χ1v) is 6.89. The molecule has 1 heteroatoms. The molecule has 0 heterocycles. The molecular formula is C16H20O. The summed E-state index contributed by atoms with van der Waals surface area (Å²) in [6.07, 6.45) is 9.01. The number of hydrogen-bond acceptors (Lipinski definition) is 1. The Morgan fingerprint density at radius 3 is 2.35 bits per heavy atom. The molecule has 90 valence electrons. The summed E-state index contributed by atoms with van der Waals surface area (Å²) in [4.78, 5) is 11.2. The van der Waals surface area contributed by atoms with Gasteiger partial charge in [0.1, 0.15) is 6.29 Å². The average molecular weight is 228 g/mol. The fraction of sp³-hybridized carbons (Fsp3) is 0.562. The zero-order valence-corrected chi connectivity index (χ0v) is 10.3. The molecule has 1 aromatic rings. The van der Waals surface area contributed by atoms with Crippen molar-refractivity contribution in [2.45, 2.75) is 43.9 Å². The van der Waals surface area contributed by atoms with E-state index in [-0.39, 0.29) is 11.3 Å². The second-order valence-corrected chi connectivity index (χ2v) is 5.69. The Labute approximate surface area is 103 Å². The maximum absolute atomic E-state index is 11.2. The average Bonchev–Trinajstić information content (AvgIpc) is 3.17. The fourth-order valence-corrected chi connectivity index (χ4v) is 3.88. The van der Waals surface area contributed by atoms with Gasteiger partial charge in [0.2, 0.25) is 0 Å². The molecule has 2 unspecified atom stereocenters. The topological polar surface area (TPSA) is 17.1 Å². The van der Waals surface area contributed by atoms with Gasteiger partial charge in [0.25, 0.3) is 0 Å². The Morgan fingerprint density at radius 2 is 1.76 bits per heavy atom. The molecule has 2 atom stereocenters. The summed E-state index contributed by atoms with van der Waals surface area (Å²) in [6.45, 7) is 0. The maximum Gasteiger partial charge on any atom is 0.124 e. The lowest BCUT2D eigenvalue weighted by Crippen LogP contribution is -2.25. The fourth-order valence-electron chi connectivity index (χ4n) is 3.88. The molecule has 0 saturated heterocycles. The molecule has 0 N–H and O–H groups in total. The number of carbonyl (C=O) groups is 1. The number of carbonyl (C=O) groups excluding carboxylic acids is 1. The summed E-state index contributed by atoms with van der Waals surface area (Å²) >= 11 is 0. The second kappa shape index (κ2) is 4.29. The predicted molar refractivity (Wildman–Crippen MR) is 68.9 cm³/mol. The van der Waals surface area contributed by atoms with Crippen molar-refractivity contribution in [1.82, 2.24) is 0 Å². The Hall–Kier alpha value is -1.11. The highest BCUT2D eigenvalue weighted by Gasteiger charge is 2.59. The monoisotopic (exact) mass is 228 g/mol. The summed E-state index contributed by atoms with van der Waals surface area (Å²) in [7, 11) is 0. The molecule has 1 nitrogen and oxygen atoms in total. The largest absolute Gasteiger partial charge is 0.303 e. The minimum Gasteiger partial charge on any atom is -0.303 e. The van der Waals surface area contributed by atoms with Crippen LogP contribution in [-0.4, -0.2) is 6.29 Å². The molecule has 3 rings (SSSR count). The van der Waals surface area contributed by atoms with Gasteiger partial charge in [0.15, 0.2) is 0 Å². The number of aldehydes is 1. The third kappa shape index (κ3) is 1.72. The van der Waals surface area contributed by atoms with Crippen LogP contribution in [0.1, 0.15) is 44.1 Å². The van der Waals surface area contributed by atoms with Crippen molar-refractivity contribution in [1.29, 1.82) is 0 Å². The van der Waals surface area contributed by atoms with E-state index in [4.69, 9.17) is 0 Å². The van der Waals surface area contributed by atoms with Gasteiger partial charge in [-0.05, 0) is 30.7 Å². The van der Waals surface area contributed by atoms with Crippen molar-refractivity contribution in [3.8, 4) is 0 Å². The van der Waals surface area contributed by atoms with E-state index in [1.165, 1.54) is 44.0 Å². The highest BCUT2D eigenvalue weighted by Crippen LogP contribution is 2.61. The molecule has 2 aliphatic carbocycles. The van der Waals surface area contributed by atoms with E-state index in [2.05, 4.69) is 30.3 Å². The molecule has 2 saturated carbocycles. The summed E-state index contributed by atoms with van der Waals surface area (Å²) in [5, 5.41) is 0. The van der Waals surface area contributed by atoms with E-state index >= 15 is 0 Å². The summed E-state index contributed by atoms with van der Waals surface area (Å²) < 4.78 is 0. The van der Waals surface area contributed by atoms with E-state index in [9.17, 15) is 4.79 Å². The van der Waals surface area contributed by atoms with Gasteiger partial charge in [-0.2, -0.15) is 0 Å². The van der Waals surface area contributed by atoms with Crippen LogP contribution >= 0.6 is 0 Å². The van der Waals surface area contributed by atoms with Gasteiger partial charge >= 0.3 is 0 Å². The lowest BCUT2D eigenvalue weighted by Gasteiger charge is -2.31. The number of benzene rings is 1. The highest BCUT2D eigenvalue weighted by molar-refractivity contribution is 5.65. The van der Waals surface area contributed by atoms with Gasteiger partial charge in [-0.25, -0.2) is 0 Å². The second-order valence-electron chi connectivity index (χ2n) is 5.69. The quantitative estimate of drug-likeness (QED) is 0.720. The van der Waals surface area contributed by atoms with Crippen LogP contribution in [0.3, 0.4) is 0 Å². The first kappa shape index (κ1) is 11.0. The minimum absolute atomic E-state index is 0.212. The molecule has 0 spiro atoms. The van der Waals surface area contributed by atoms with Gasteiger partial charge in [0.05, 0.1) is 0 Å². The molecule has 0 aromatic heterocycles. The third-order valence-corrected chi connectivity index (χ3v) is 4.87. The van der Waals surface area contributed by atoms with Gasteiger partial charge in [-0.15, -0.1) is 0 Å². The van der Waals surface area contributed by atoms with Crippen LogP contribution in [0.4, 0.5) is 0 Å². The van der Waals surface area contributed by atoms with Crippen LogP contribution in [-0.2, 0) is 10.2 Å². The van der Waals surface area contributed by atoms with E-state index in [0.29, 0.717) is 0 Å². The molecular weight excluding hydrogens is 208 g/mol.